The second kappa shape index (κ2) is 10.6. The Kier molecular flexibility index (Phi) is 8.47. The first-order valence-corrected chi connectivity index (χ1v) is 10.5. The van der Waals surface area contributed by atoms with Gasteiger partial charge in [0.15, 0.2) is 6.61 Å². The maximum Gasteiger partial charge on any atom is 0.393 e. The number of likely N-dealkylation sites (tertiary alicyclic amines) is 1. The highest BCUT2D eigenvalue weighted by molar-refractivity contribution is 7.98. The number of alkyl halides is 3. The number of para-hydroxylation sites is 1. The van der Waals surface area contributed by atoms with Gasteiger partial charge in [-0.3, -0.25) is 9.59 Å². The zero-order chi connectivity index (χ0) is 20.6. The van der Waals surface area contributed by atoms with Gasteiger partial charge in [-0.1, -0.05) is 18.2 Å². The minimum Gasteiger partial charge on any atom is -0.484 e. The molecule has 28 heavy (non-hydrogen) atoms. The maximum absolute atomic E-state index is 13.0. The van der Waals surface area contributed by atoms with E-state index in [1.54, 1.807) is 24.3 Å². The number of hydrogen-bond acceptors (Lipinski definition) is 4. The molecule has 1 N–H and O–H groups in total. The fraction of sp³-hybridized carbons (Fsp3) is 0.579. The van der Waals surface area contributed by atoms with Crippen LogP contribution in [0.4, 0.5) is 13.2 Å². The molecule has 0 aliphatic carbocycles. The Hall–Kier alpha value is -1.90. The predicted octanol–water partition coefficient (Wildman–Crippen LogP) is 3.10. The van der Waals surface area contributed by atoms with Crippen molar-refractivity contribution < 1.29 is 27.5 Å². The van der Waals surface area contributed by atoms with Gasteiger partial charge < -0.3 is 15.0 Å². The lowest BCUT2D eigenvalue weighted by atomic mass is 9.96. The molecule has 1 heterocycles. The Morgan fingerprint density at radius 2 is 2.04 bits per heavy atom. The van der Waals surface area contributed by atoms with Crippen LogP contribution >= 0.6 is 11.8 Å². The summed E-state index contributed by atoms with van der Waals surface area (Å²) in [6.45, 7) is -0.343. The molecule has 0 bridgehead atoms. The van der Waals surface area contributed by atoms with E-state index in [4.69, 9.17) is 4.74 Å². The van der Waals surface area contributed by atoms with E-state index >= 15 is 0 Å². The number of piperidine rings is 1. The second-order valence-electron chi connectivity index (χ2n) is 6.67. The van der Waals surface area contributed by atoms with Crippen LogP contribution in [0.3, 0.4) is 0 Å². The lowest BCUT2D eigenvalue weighted by molar-refractivity contribution is -0.188. The molecule has 0 unspecified atom stereocenters. The molecule has 0 spiro atoms. The van der Waals surface area contributed by atoms with Gasteiger partial charge in [-0.05, 0) is 43.4 Å². The Bertz CT molecular complexity index is 643. The molecule has 1 aliphatic rings. The summed E-state index contributed by atoms with van der Waals surface area (Å²) in [5.41, 5.74) is 0. The number of carbonyl (C=O) groups is 2. The largest absolute Gasteiger partial charge is 0.484 e. The number of rotatable bonds is 8. The number of hydrogen-bond donors (Lipinski definition) is 1. The van der Waals surface area contributed by atoms with E-state index in [1.807, 2.05) is 12.3 Å². The van der Waals surface area contributed by atoms with Crippen molar-refractivity contribution in [3.05, 3.63) is 30.3 Å². The first kappa shape index (κ1) is 22.4. The van der Waals surface area contributed by atoms with Crippen LogP contribution in [0.2, 0.25) is 0 Å². The van der Waals surface area contributed by atoms with E-state index in [-0.39, 0.29) is 26.1 Å². The summed E-state index contributed by atoms with van der Waals surface area (Å²) < 4.78 is 44.4. The minimum absolute atomic E-state index is 0.0278. The molecule has 9 heteroatoms. The van der Waals surface area contributed by atoms with Crippen LogP contribution in [0.5, 0.6) is 5.75 Å². The van der Waals surface area contributed by atoms with Crippen LogP contribution in [-0.4, -0.2) is 60.6 Å². The van der Waals surface area contributed by atoms with Crippen molar-refractivity contribution in [2.45, 2.75) is 31.5 Å². The zero-order valence-electron chi connectivity index (χ0n) is 15.7. The first-order chi connectivity index (χ1) is 13.3. The SMILES string of the molecule is CSCC[C@H](NC(=O)COc1ccccc1)C(=O)N1CCC[C@@H](C(F)(F)F)C1. The Balaban J connectivity index is 1.95. The number of nitrogens with one attached hydrogen (secondary N) is 1. The topological polar surface area (TPSA) is 58.6 Å². The molecule has 0 saturated carbocycles. The van der Waals surface area contributed by atoms with Gasteiger partial charge in [-0.2, -0.15) is 24.9 Å². The molecule has 0 aromatic heterocycles. The van der Waals surface area contributed by atoms with Crippen LogP contribution in [0.15, 0.2) is 30.3 Å². The zero-order valence-corrected chi connectivity index (χ0v) is 16.5. The summed E-state index contributed by atoms with van der Waals surface area (Å²) in [6.07, 6.45) is -1.77. The van der Waals surface area contributed by atoms with E-state index in [0.717, 1.165) is 0 Å². The Morgan fingerprint density at radius 3 is 2.68 bits per heavy atom. The number of amides is 2. The second-order valence-corrected chi connectivity index (χ2v) is 7.65. The summed E-state index contributed by atoms with van der Waals surface area (Å²) in [4.78, 5) is 26.2. The van der Waals surface area contributed by atoms with Crippen molar-refractivity contribution in [2.24, 2.45) is 5.92 Å². The standard InChI is InChI=1S/C19H25F3N2O3S/c1-28-11-9-16(23-17(25)13-27-15-7-3-2-4-8-15)18(26)24-10-5-6-14(12-24)19(20,21)22/h2-4,7-8,14,16H,5-6,9-13H2,1H3,(H,23,25)/t14-,16+/m1/s1. The fourth-order valence-corrected chi connectivity index (χ4v) is 3.53. The lowest BCUT2D eigenvalue weighted by Crippen LogP contribution is -2.53. The van der Waals surface area contributed by atoms with Crippen LogP contribution < -0.4 is 10.1 Å². The van der Waals surface area contributed by atoms with E-state index in [2.05, 4.69) is 5.32 Å². The third-order valence-electron chi connectivity index (χ3n) is 4.55. The van der Waals surface area contributed by atoms with Crippen LogP contribution in [0.1, 0.15) is 19.3 Å². The number of halogens is 3. The molecular formula is C19H25F3N2O3S. The van der Waals surface area contributed by atoms with Crippen molar-refractivity contribution >= 4 is 23.6 Å². The van der Waals surface area contributed by atoms with E-state index in [1.165, 1.54) is 16.7 Å². The van der Waals surface area contributed by atoms with Crippen LogP contribution in [0, 0.1) is 5.92 Å². The van der Waals surface area contributed by atoms with E-state index < -0.39 is 30.0 Å². The average molecular weight is 418 g/mol. The summed E-state index contributed by atoms with van der Waals surface area (Å²) in [5.74, 6) is -1.33. The Labute approximate surface area is 167 Å². The van der Waals surface area contributed by atoms with E-state index in [9.17, 15) is 22.8 Å². The van der Waals surface area contributed by atoms with Gasteiger partial charge in [0.2, 0.25) is 5.91 Å². The highest BCUT2D eigenvalue weighted by atomic mass is 32.2. The maximum atomic E-state index is 13.0. The van der Waals surface area contributed by atoms with E-state index in [0.29, 0.717) is 24.3 Å². The van der Waals surface area contributed by atoms with Crippen molar-refractivity contribution in [3.63, 3.8) is 0 Å². The fourth-order valence-electron chi connectivity index (χ4n) is 3.06. The lowest BCUT2D eigenvalue weighted by Gasteiger charge is -2.35. The smallest absolute Gasteiger partial charge is 0.393 e. The molecule has 1 saturated heterocycles. The minimum atomic E-state index is -4.32. The number of nitrogens with zero attached hydrogens (tertiary/aromatic N) is 1. The van der Waals surface area contributed by atoms with Gasteiger partial charge in [0, 0.05) is 13.1 Å². The molecule has 156 valence electrons. The van der Waals surface area contributed by atoms with Crippen molar-refractivity contribution in [3.8, 4) is 5.75 Å². The first-order valence-electron chi connectivity index (χ1n) is 9.13. The molecule has 0 radical (unpaired) electrons. The number of ether oxygens (including phenoxy) is 1. The van der Waals surface area contributed by atoms with Crippen LogP contribution in [0.25, 0.3) is 0 Å². The average Bonchev–Trinajstić information content (AvgIpc) is 2.69. The molecule has 5 nitrogen and oxygen atoms in total. The monoisotopic (exact) mass is 418 g/mol. The summed E-state index contributed by atoms with van der Waals surface area (Å²) in [7, 11) is 0. The highest BCUT2D eigenvalue weighted by Crippen LogP contribution is 2.33. The third-order valence-corrected chi connectivity index (χ3v) is 5.20. The summed E-state index contributed by atoms with van der Waals surface area (Å²) in [6, 6.07) is 7.91. The van der Waals surface area contributed by atoms with Gasteiger partial charge in [0.25, 0.3) is 5.91 Å². The van der Waals surface area contributed by atoms with Crippen molar-refractivity contribution in [1.82, 2.24) is 10.2 Å². The molecule has 2 rings (SSSR count). The van der Waals surface area contributed by atoms with Gasteiger partial charge >= 0.3 is 6.18 Å². The van der Waals surface area contributed by atoms with Gasteiger partial charge in [-0.25, -0.2) is 0 Å². The molecule has 2 atom stereocenters. The number of carbonyl (C=O) groups excluding carboxylic acids is 2. The molecule has 1 aliphatic heterocycles. The highest BCUT2D eigenvalue weighted by Gasteiger charge is 2.43. The van der Waals surface area contributed by atoms with Gasteiger partial charge in [0.1, 0.15) is 11.8 Å². The quantitative estimate of drug-likeness (QED) is 0.705. The molecule has 2 amide bonds. The predicted molar refractivity (Wildman–Crippen MR) is 102 cm³/mol. The van der Waals surface area contributed by atoms with Crippen molar-refractivity contribution in [2.75, 3.05) is 31.7 Å². The number of thioether (sulfide) groups is 1. The molecular weight excluding hydrogens is 393 g/mol. The summed E-state index contributed by atoms with van der Waals surface area (Å²) >= 11 is 1.50. The summed E-state index contributed by atoms with van der Waals surface area (Å²) in [5, 5.41) is 2.62. The molecule has 1 fully saturated rings. The Morgan fingerprint density at radius 1 is 1.32 bits per heavy atom. The van der Waals surface area contributed by atoms with Gasteiger partial charge in [0.05, 0.1) is 5.92 Å². The molecule has 1 aromatic carbocycles. The number of benzene rings is 1. The van der Waals surface area contributed by atoms with Gasteiger partial charge in [-0.15, -0.1) is 0 Å². The third kappa shape index (κ3) is 6.92. The normalized spacial score (nSPS) is 18.4. The van der Waals surface area contributed by atoms with Crippen molar-refractivity contribution in [1.29, 1.82) is 0 Å². The van der Waals surface area contributed by atoms with Crippen LogP contribution in [-0.2, 0) is 9.59 Å². The molecule has 1 aromatic rings.